The lowest BCUT2D eigenvalue weighted by atomic mass is 9.80. The molecule has 0 amide bonds. The maximum Gasteiger partial charge on any atom is 0.488 e. The molecular formula is C13H14BNO3. The molecule has 0 fully saturated rings. The summed E-state index contributed by atoms with van der Waals surface area (Å²) in [7, 11) is 0.373. The number of likely N-dealkylation sites (N-methyl/N-ethyl adjacent to an activating group) is 1. The molecule has 0 radical (unpaired) electrons. The van der Waals surface area contributed by atoms with Gasteiger partial charge in [-0.15, -0.1) is 0 Å². The lowest BCUT2D eigenvalue weighted by molar-refractivity contribution is 0.420. The third-order valence-corrected chi connectivity index (χ3v) is 2.86. The van der Waals surface area contributed by atoms with Gasteiger partial charge in [0.05, 0.1) is 11.4 Å². The lowest BCUT2D eigenvalue weighted by Gasteiger charge is -2.30. The number of rotatable bonds is 3. The first-order valence-corrected chi connectivity index (χ1v) is 5.49. The van der Waals surface area contributed by atoms with E-state index >= 15 is 0 Å². The molecule has 18 heavy (non-hydrogen) atoms. The Kier molecular flexibility index (Phi) is 3.27. The van der Waals surface area contributed by atoms with Gasteiger partial charge >= 0.3 is 7.12 Å². The number of allylic oxidation sites excluding steroid dienone is 2. The molecule has 1 aliphatic rings. The Labute approximate surface area is 106 Å². The minimum absolute atomic E-state index is 0.382. The summed E-state index contributed by atoms with van der Waals surface area (Å²) in [6, 6.07) is 5.01. The van der Waals surface area contributed by atoms with Gasteiger partial charge in [-0.3, -0.25) is 0 Å². The van der Waals surface area contributed by atoms with E-state index in [9.17, 15) is 0 Å². The molecule has 1 aromatic rings. The number of hydrogen-bond donors (Lipinski definition) is 2. The Bertz CT molecular complexity index is 537. The first-order valence-electron chi connectivity index (χ1n) is 5.49. The average molecular weight is 243 g/mol. The van der Waals surface area contributed by atoms with Crippen LogP contribution in [-0.4, -0.2) is 24.2 Å². The minimum atomic E-state index is -1.51. The summed E-state index contributed by atoms with van der Waals surface area (Å²) >= 11 is 0. The van der Waals surface area contributed by atoms with E-state index in [0.717, 1.165) is 11.4 Å². The standard InChI is InChI=1S/C13H14BNO3/c1-4-10-12(5-2)18-13-8-9(14(16)17)6-7-11(13)15(10)3/h4-8,16-17H,1-2H2,3H3. The fraction of sp³-hybridized carbons (Fsp3) is 0.0769. The van der Waals surface area contributed by atoms with Crippen molar-refractivity contribution in [1.82, 2.24) is 0 Å². The number of fused-ring (bicyclic) bond motifs is 1. The first-order chi connectivity index (χ1) is 8.58. The van der Waals surface area contributed by atoms with Crippen molar-refractivity contribution in [2.24, 2.45) is 0 Å². The third-order valence-electron chi connectivity index (χ3n) is 2.86. The number of hydrogen-bond acceptors (Lipinski definition) is 4. The molecule has 0 saturated carbocycles. The second kappa shape index (κ2) is 4.72. The molecule has 1 aromatic carbocycles. The van der Waals surface area contributed by atoms with E-state index in [2.05, 4.69) is 13.2 Å². The van der Waals surface area contributed by atoms with Crippen LogP contribution in [0.3, 0.4) is 0 Å². The number of benzene rings is 1. The molecule has 0 aliphatic carbocycles. The van der Waals surface area contributed by atoms with Crippen molar-refractivity contribution < 1.29 is 14.8 Å². The van der Waals surface area contributed by atoms with E-state index < -0.39 is 7.12 Å². The van der Waals surface area contributed by atoms with Crippen molar-refractivity contribution in [1.29, 1.82) is 0 Å². The van der Waals surface area contributed by atoms with Gasteiger partial charge in [0, 0.05) is 7.05 Å². The van der Waals surface area contributed by atoms with Gasteiger partial charge in [-0.25, -0.2) is 0 Å². The quantitative estimate of drug-likeness (QED) is 0.770. The molecule has 0 unspecified atom stereocenters. The molecule has 2 rings (SSSR count). The Morgan fingerprint density at radius 3 is 2.56 bits per heavy atom. The summed E-state index contributed by atoms with van der Waals surface area (Å²) in [5.41, 5.74) is 2.03. The number of nitrogens with zero attached hydrogens (tertiary/aromatic N) is 1. The zero-order valence-corrected chi connectivity index (χ0v) is 10.1. The van der Waals surface area contributed by atoms with Crippen molar-refractivity contribution in [2.75, 3.05) is 11.9 Å². The van der Waals surface area contributed by atoms with Gasteiger partial charge in [0.1, 0.15) is 0 Å². The monoisotopic (exact) mass is 243 g/mol. The molecule has 0 saturated heterocycles. The fourth-order valence-electron chi connectivity index (χ4n) is 1.90. The summed E-state index contributed by atoms with van der Waals surface area (Å²) in [5.74, 6) is 1.15. The molecule has 5 heteroatoms. The zero-order chi connectivity index (χ0) is 13.3. The molecule has 1 heterocycles. The Balaban J connectivity index is 2.51. The van der Waals surface area contributed by atoms with Gasteiger partial charge in [0.15, 0.2) is 11.5 Å². The zero-order valence-electron chi connectivity index (χ0n) is 10.1. The first kappa shape index (κ1) is 12.5. The van der Waals surface area contributed by atoms with Crippen LogP contribution in [0.15, 0.2) is 55.0 Å². The highest BCUT2D eigenvalue weighted by atomic mass is 16.5. The number of anilines is 1. The molecule has 4 nitrogen and oxygen atoms in total. The Morgan fingerprint density at radius 1 is 1.28 bits per heavy atom. The van der Waals surface area contributed by atoms with Gasteiger partial charge in [0.2, 0.25) is 0 Å². The van der Waals surface area contributed by atoms with Crippen LogP contribution in [0, 0.1) is 0 Å². The van der Waals surface area contributed by atoms with Crippen LogP contribution >= 0.6 is 0 Å². The van der Waals surface area contributed by atoms with Gasteiger partial charge in [-0.2, -0.15) is 0 Å². The SMILES string of the molecule is C=CC1=C(C=C)N(C)c2ccc(B(O)O)cc2O1. The third kappa shape index (κ3) is 1.94. The van der Waals surface area contributed by atoms with Gasteiger partial charge in [-0.05, 0) is 29.7 Å². The van der Waals surface area contributed by atoms with E-state index in [1.807, 2.05) is 11.9 Å². The molecule has 0 spiro atoms. The topological polar surface area (TPSA) is 52.9 Å². The van der Waals surface area contributed by atoms with Crippen molar-refractivity contribution in [3.63, 3.8) is 0 Å². The summed E-state index contributed by atoms with van der Waals surface area (Å²) < 4.78 is 5.67. The van der Waals surface area contributed by atoms with Crippen molar-refractivity contribution in [3.05, 3.63) is 55.0 Å². The second-order valence-corrected chi connectivity index (χ2v) is 3.92. The maximum absolute atomic E-state index is 9.15. The van der Waals surface area contributed by atoms with Gasteiger partial charge in [-0.1, -0.05) is 19.2 Å². The molecule has 2 N–H and O–H groups in total. The molecular weight excluding hydrogens is 229 g/mol. The van der Waals surface area contributed by atoms with Gasteiger partial charge < -0.3 is 19.7 Å². The average Bonchev–Trinajstić information content (AvgIpc) is 2.37. The second-order valence-electron chi connectivity index (χ2n) is 3.92. The van der Waals surface area contributed by atoms with E-state index in [-0.39, 0.29) is 0 Å². The Hall–Kier alpha value is -1.98. The molecule has 0 aromatic heterocycles. The summed E-state index contributed by atoms with van der Waals surface area (Å²) in [5, 5.41) is 18.3. The van der Waals surface area contributed by atoms with Crippen LogP contribution in [0.1, 0.15) is 0 Å². The molecule has 1 aliphatic heterocycles. The van der Waals surface area contributed by atoms with E-state index in [1.165, 1.54) is 0 Å². The molecule has 0 bridgehead atoms. The maximum atomic E-state index is 9.15. The highest BCUT2D eigenvalue weighted by molar-refractivity contribution is 6.58. The normalized spacial score (nSPS) is 13.8. The van der Waals surface area contributed by atoms with Crippen molar-refractivity contribution in [3.8, 4) is 5.75 Å². The van der Waals surface area contributed by atoms with Gasteiger partial charge in [0.25, 0.3) is 0 Å². The molecule has 0 atom stereocenters. The van der Waals surface area contributed by atoms with E-state index in [4.69, 9.17) is 14.8 Å². The van der Waals surface area contributed by atoms with Crippen LogP contribution in [0.2, 0.25) is 0 Å². The predicted octanol–water partition coefficient (Wildman–Crippen LogP) is 0.779. The van der Waals surface area contributed by atoms with E-state index in [0.29, 0.717) is 17.0 Å². The highest BCUT2D eigenvalue weighted by Gasteiger charge is 2.23. The smallest absolute Gasteiger partial charge is 0.453 e. The lowest BCUT2D eigenvalue weighted by Crippen LogP contribution is -2.31. The highest BCUT2D eigenvalue weighted by Crippen LogP contribution is 2.36. The van der Waals surface area contributed by atoms with Crippen LogP contribution in [-0.2, 0) is 0 Å². The van der Waals surface area contributed by atoms with Crippen molar-refractivity contribution >= 4 is 18.3 Å². The van der Waals surface area contributed by atoms with Crippen LogP contribution < -0.4 is 15.1 Å². The van der Waals surface area contributed by atoms with Crippen LogP contribution in [0.5, 0.6) is 5.75 Å². The minimum Gasteiger partial charge on any atom is -0.453 e. The summed E-state index contributed by atoms with van der Waals surface area (Å²) in [6.07, 6.45) is 3.28. The summed E-state index contributed by atoms with van der Waals surface area (Å²) in [4.78, 5) is 1.91. The van der Waals surface area contributed by atoms with Crippen LogP contribution in [0.4, 0.5) is 5.69 Å². The summed E-state index contributed by atoms with van der Waals surface area (Å²) in [6.45, 7) is 7.44. The largest absolute Gasteiger partial charge is 0.488 e. The molecule has 92 valence electrons. The van der Waals surface area contributed by atoms with E-state index in [1.54, 1.807) is 30.4 Å². The predicted molar refractivity (Wildman–Crippen MR) is 72.7 cm³/mol. The number of ether oxygens (including phenoxy) is 1. The fourth-order valence-corrected chi connectivity index (χ4v) is 1.90. The van der Waals surface area contributed by atoms with Crippen LogP contribution in [0.25, 0.3) is 0 Å². The Morgan fingerprint density at radius 2 is 2.00 bits per heavy atom. The van der Waals surface area contributed by atoms with Crippen molar-refractivity contribution in [2.45, 2.75) is 0 Å².